The number of carbonyl (C=O) groups is 1. The molecular formula is C20H22FNO2. The van der Waals surface area contributed by atoms with Crippen LogP contribution >= 0.6 is 0 Å². The van der Waals surface area contributed by atoms with E-state index in [1.165, 1.54) is 0 Å². The summed E-state index contributed by atoms with van der Waals surface area (Å²) in [6.07, 6.45) is 1.18. The van der Waals surface area contributed by atoms with Gasteiger partial charge < -0.3 is 9.64 Å². The number of halogens is 1. The molecule has 0 atom stereocenters. The third kappa shape index (κ3) is 4.44. The van der Waals surface area contributed by atoms with Gasteiger partial charge in [-0.25, -0.2) is 4.39 Å². The van der Waals surface area contributed by atoms with E-state index in [9.17, 15) is 9.18 Å². The summed E-state index contributed by atoms with van der Waals surface area (Å²) < 4.78 is 18.0. The highest BCUT2D eigenvalue weighted by molar-refractivity contribution is 6.05. The minimum atomic E-state index is -0.0942. The lowest BCUT2D eigenvalue weighted by Crippen LogP contribution is -2.26. The van der Waals surface area contributed by atoms with Gasteiger partial charge in [0, 0.05) is 18.3 Å². The summed E-state index contributed by atoms with van der Waals surface area (Å²) in [6, 6.07) is 14.7. The van der Waals surface area contributed by atoms with Crippen molar-refractivity contribution in [3.8, 4) is 5.75 Å². The van der Waals surface area contributed by atoms with Crippen molar-refractivity contribution < 1.29 is 13.9 Å². The average Bonchev–Trinajstić information content (AvgIpc) is 2.62. The fourth-order valence-corrected chi connectivity index (χ4v) is 2.16. The summed E-state index contributed by atoms with van der Waals surface area (Å²) in [5, 5.41) is 0. The van der Waals surface area contributed by atoms with E-state index in [-0.39, 0.29) is 12.5 Å². The molecule has 0 radical (unpaired) electrons. The molecule has 24 heavy (non-hydrogen) atoms. The van der Waals surface area contributed by atoms with Crippen LogP contribution in [0.1, 0.15) is 29.3 Å². The molecule has 2 aromatic carbocycles. The standard InChI is InChI=1S/C20H22FNO2/c1-4-16(13-21)14-24-19-11-7-17(8-12-19)20(23)22(3)18-9-5-15(2)6-10-18/h5-13H,4,14H2,1-3H3. The van der Waals surface area contributed by atoms with Gasteiger partial charge in [-0.15, -0.1) is 0 Å². The smallest absolute Gasteiger partial charge is 0.258 e. The van der Waals surface area contributed by atoms with Crippen LogP contribution in [0.2, 0.25) is 0 Å². The summed E-state index contributed by atoms with van der Waals surface area (Å²) in [6.45, 7) is 4.09. The van der Waals surface area contributed by atoms with Gasteiger partial charge in [-0.05, 0) is 55.3 Å². The minimum Gasteiger partial charge on any atom is -0.489 e. The summed E-state index contributed by atoms with van der Waals surface area (Å²) in [4.78, 5) is 14.1. The monoisotopic (exact) mass is 327 g/mol. The molecule has 2 aromatic rings. The van der Waals surface area contributed by atoms with E-state index in [0.29, 0.717) is 29.6 Å². The van der Waals surface area contributed by atoms with Crippen molar-refractivity contribution in [3.05, 3.63) is 71.6 Å². The van der Waals surface area contributed by atoms with Gasteiger partial charge in [-0.2, -0.15) is 0 Å². The first-order valence-corrected chi connectivity index (χ1v) is 7.91. The highest BCUT2D eigenvalue weighted by atomic mass is 19.1. The molecule has 4 heteroatoms. The largest absolute Gasteiger partial charge is 0.489 e. The second-order valence-corrected chi connectivity index (χ2v) is 5.63. The molecule has 3 nitrogen and oxygen atoms in total. The molecule has 126 valence electrons. The maximum atomic E-state index is 12.5. The first-order chi connectivity index (χ1) is 11.5. The molecule has 0 fully saturated rings. The van der Waals surface area contributed by atoms with E-state index in [1.807, 2.05) is 38.1 Å². The Morgan fingerprint density at radius 2 is 1.75 bits per heavy atom. The first kappa shape index (κ1) is 17.7. The number of benzene rings is 2. The van der Waals surface area contributed by atoms with E-state index in [1.54, 1.807) is 36.2 Å². The lowest BCUT2D eigenvalue weighted by molar-refractivity contribution is 0.0993. The Balaban J connectivity index is 2.04. The number of hydrogen-bond donors (Lipinski definition) is 0. The van der Waals surface area contributed by atoms with Crippen molar-refractivity contribution in [3.63, 3.8) is 0 Å². The molecule has 2 rings (SSSR count). The number of hydrogen-bond acceptors (Lipinski definition) is 2. The Bertz CT molecular complexity index is 705. The third-order valence-corrected chi connectivity index (χ3v) is 3.86. The predicted octanol–water partition coefficient (Wildman–Crippen LogP) is 4.91. The average molecular weight is 327 g/mol. The fourth-order valence-electron chi connectivity index (χ4n) is 2.16. The van der Waals surface area contributed by atoms with Gasteiger partial charge in [0.1, 0.15) is 12.4 Å². The molecule has 0 aliphatic rings. The second kappa shape index (κ2) is 8.29. The van der Waals surface area contributed by atoms with Crippen LogP contribution in [0.5, 0.6) is 5.75 Å². The lowest BCUT2D eigenvalue weighted by Gasteiger charge is -2.18. The van der Waals surface area contributed by atoms with Gasteiger partial charge in [0.15, 0.2) is 0 Å². The van der Waals surface area contributed by atoms with Gasteiger partial charge in [-0.3, -0.25) is 4.79 Å². The van der Waals surface area contributed by atoms with Gasteiger partial charge in [0.25, 0.3) is 5.91 Å². The Morgan fingerprint density at radius 1 is 1.12 bits per heavy atom. The molecule has 0 aliphatic heterocycles. The highest BCUT2D eigenvalue weighted by Gasteiger charge is 2.13. The lowest BCUT2D eigenvalue weighted by atomic mass is 10.1. The molecule has 0 saturated heterocycles. The van der Waals surface area contributed by atoms with Crippen molar-refractivity contribution in [2.75, 3.05) is 18.6 Å². The topological polar surface area (TPSA) is 29.5 Å². The maximum absolute atomic E-state index is 12.5. The van der Waals surface area contributed by atoms with Crippen LogP contribution in [-0.4, -0.2) is 19.6 Å². The summed E-state index contributed by atoms with van der Waals surface area (Å²) in [5.41, 5.74) is 3.15. The Hall–Kier alpha value is -2.62. The van der Waals surface area contributed by atoms with Crippen molar-refractivity contribution in [1.29, 1.82) is 0 Å². The van der Waals surface area contributed by atoms with Gasteiger partial charge in [-0.1, -0.05) is 24.6 Å². The zero-order valence-electron chi connectivity index (χ0n) is 14.3. The van der Waals surface area contributed by atoms with E-state index < -0.39 is 0 Å². The van der Waals surface area contributed by atoms with Crippen molar-refractivity contribution in [2.45, 2.75) is 20.3 Å². The summed E-state index contributed by atoms with van der Waals surface area (Å²) in [5.74, 6) is 0.514. The van der Waals surface area contributed by atoms with Gasteiger partial charge in [0.2, 0.25) is 0 Å². The molecule has 0 aromatic heterocycles. The molecule has 0 heterocycles. The van der Waals surface area contributed by atoms with Gasteiger partial charge in [0.05, 0.1) is 6.33 Å². The van der Waals surface area contributed by atoms with Crippen LogP contribution in [0.3, 0.4) is 0 Å². The van der Waals surface area contributed by atoms with E-state index in [2.05, 4.69) is 0 Å². The SMILES string of the molecule is CCC(=CF)COc1ccc(C(=O)N(C)c2ccc(C)cc2)cc1. The van der Waals surface area contributed by atoms with Crippen molar-refractivity contribution >= 4 is 11.6 Å². The number of aryl methyl sites for hydroxylation is 1. The molecule has 0 saturated carbocycles. The molecule has 1 amide bonds. The second-order valence-electron chi connectivity index (χ2n) is 5.63. The predicted molar refractivity (Wildman–Crippen MR) is 95.3 cm³/mol. The third-order valence-electron chi connectivity index (χ3n) is 3.86. The maximum Gasteiger partial charge on any atom is 0.258 e. The van der Waals surface area contributed by atoms with Crippen LogP contribution in [0.25, 0.3) is 0 Å². The summed E-state index contributed by atoms with van der Waals surface area (Å²) in [7, 11) is 1.75. The quantitative estimate of drug-likeness (QED) is 0.754. The Kier molecular flexibility index (Phi) is 6.13. The summed E-state index contributed by atoms with van der Waals surface area (Å²) >= 11 is 0. The molecule has 0 unspecified atom stereocenters. The minimum absolute atomic E-state index is 0.0942. The Morgan fingerprint density at radius 3 is 2.29 bits per heavy atom. The zero-order valence-corrected chi connectivity index (χ0v) is 14.3. The van der Waals surface area contributed by atoms with Crippen molar-refractivity contribution in [2.24, 2.45) is 0 Å². The number of amides is 1. The van der Waals surface area contributed by atoms with Crippen LogP contribution in [-0.2, 0) is 0 Å². The number of anilines is 1. The van der Waals surface area contributed by atoms with Crippen LogP contribution in [0.15, 0.2) is 60.4 Å². The first-order valence-electron chi connectivity index (χ1n) is 7.91. The highest BCUT2D eigenvalue weighted by Crippen LogP contribution is 2.19. The fraction of sp³-hybridized carbons (Fsp3) is 0.250. The normalized spacial score (nSPS) is 11.2. The van der Waals surface area contributed by atoms with Crippen LogP contribution in [0, 0.1) is 6.92 Å². The van der Waals surface area contributed by atoms with Crippen LogP contribution in [0.4, 0.5) is 10.1 Å². The van der Waals surface area contributed by atoms with Crippen molar-refractivity contribution in [1.82, 2.24) is 0 Å². The zero-order chi connectivity index (χ0) is 17.5. The van der Waals surface area contributed by atoms with E-state index >= 15 is 0 Å². The molecule has 0 spiro atoms. The molecule has 0 N–H and O–H groups in total. The van der Waals surface area contributed by atoms with E-state index in [0.717, 1.165) is 11.3 Å². The van der Waals surface area contributed by atoms with E-state index in [4.69, 9.17) is 4.74 Å². The number of nitrogens with zero attached hydrogens (tertiary/aromatic N) is 1. The number of rotatable bonds is 6. The van der Waals surface area contributed by atoms with Gasteiger partial charge >= 0.3 is 0 Å². The number of carbonyl (C=O) groups excluding carboxylic acids is 1. The molecular weight excluding hydrogens is 305 g/mol. The Labute approximate surface area is 142 Å². The van der Waals surface area contributed by atoms with Crippen LogP contribution < -0.4 is 9.64 Å². The number of ether oxygens (including phenoxy) is 1. The molecule has 0 bridgehead atoms. The molecule has 0 aliphatic carbocycles.